The molecule has 0 radical (unpaired) electrons. The average Bonchev–Trinajstić information content (AvgIpc) is 2.31. The Hall–Kier alpha value is -0.740. The second kappa shape index (κ2) is 6.76. The van der Waals surface area contributed by atoms with E-state index in [9.17, 15) is 8.60 Å². The molecule has 0 aliphatic heterocycles. The average molecular weight is 243 g/mol. The van der Waals surface area contributed by atoms with E-state index in [2.05, 4.69) is 18.7 Å². The first-order valence-corrected chi connectivity index (χ1v) is 6.85. The molecule has 0 heterocycles. The first-order valence-electron chi connectivity index (χ1n) is 5.53. The summed E-state index contributed by atoms with van der Waals surface area (Å²) in [6.45, 7) is 6.93. The second-order valence-electron chi connectivity index (χ2n) is 3.53. The normalized spacial score (nSPS) is 13.0. The van der Waals surface area contributed by atoms with E-state index in [1.807, 2.05) is 0 Å². The highest BCUT2D eigenvalue weighted by Gasteiger charge is 2.06. The molecule has 4 heteroatoms. The van der Waals surface area contributed by atoms with Crippen molar-refractivity contribution in [2.75, 3.05) is 25.4 Å². The highest BCUT2D eigenvalue weighted by atomic mass is 32.2. The first-order chi connectivity index (χ1) is 7.67. The quantitative estimate of drug-likeness (QED) is 0.764. The van der Waals surface area contributed by atoms with Gasteiger partial charge in [-0.05, 0) is 37.4 Å². The maximum Gasteiger partial charge on any atom is 0.123 e. The number of rotatable bonds is 6. The van der Waals surface area contributed by atoms with E-state index in [0.717, 1.165) is 19.6 Å². The van der Waals surface area contributed by atoms with Crippen molar-refractivity contribution in [1.29, 1.82) is 0 Å². The Labute approximate surface area is 98.9 Å². The van der Waals surface area contributed by atoms with Gasteiger partial charge in [-0.3, -0.25) is 4.21 Å². The van der Waals surface area contributed by atoms with Crippen LogP contribution in [0, 0.1) is 5.82 Å². The van der Waals surface area contributed by atoms with Crippen LogP contribution in [-0.2, 0) is 10.8 Å². The fourth-order valence-corrected chi connectivity index (χ4v) is 2.56. The molecular weight excluding hydrogens is 225 g/mol. The van der Waals surface area contributed by atoms with Crippen molar-refractivity contribution in [1.82, 2.24) is 4.90 Å². The zero-order valence-electron chi connectivity index (χ0n) is 9.78. The number of hydrogen-bond donors (Lipinski definition) is 0. The molecule has 0 aliphatic rings. The molecule has 0 fully saturated rings. The van der Waals surface area contributed by atoms with Gasteiger partial charge in [0.2, 0.25) is 0 Å². The van der Waals surface area contributed by atoms with Crippen LogP contribution in [0.5, 0.6) is 0 Å². The molecule has 0 bridgehead atoms. The van der Waals surface area contributed by atoms with Crippen LogP contribution in [0.25, 0.3) is 0 Å². The van der Waals surface area contributed by atoms with Crippen molar-refractivity contribution in [3.8, 4) is 0 Å². The van der Waals surface area contributed by atoms with E-state index in [4.69, 9.17) is 0 Å². The van der Waals surface area contributed by atoms with Gasteiger partial charge in [0.05, 0.1) is 10.8 Å². The Bertz CT molecular complexity index is 335. The summed E-state index contributed by atoms with van der Waals surface area (Å²) in [5.74, 6) is 0.317. The molecule has 1 aromatic carbocycles. The molecule has 0 saturated carbocycles. The summed E-state index contributed by atoms with van der Waals surface area (Å²) < 4.78 is 24.5. The predicted molar refractivity (Wildman–Crippen MR) is 65.5 cm³/mol. The maximum absolute atomic E-state index is 12.7. The third-order valence-corrected chi connectivity index (χ3v) is 3.92. The fraction of sp³-hybridized carbons (Fsp3) is 0.500. The van der Waals surface area contributed by atoms with Gasteiger partial charge in [-0.25, -0.2) is 4.39 Å². The third kappa shape index (κ3) is 4.02. The standard InChI is InChI=1S/C12H18FNOS/c1-3-14(4-2)9-10-16(15)12-7-5-11(13)6-8-12/h5-8H,3-4,9-10H2,1-2H3. The summed E-state index contributed by atoms with van der Waals surface area (Å²) in [7, 11) is -1.02. The van der Waals surface area contributed by atoms with E-state index in [1.165, 1.54) is 12.1 Å². The van der Waals surface area contributed by atoms with E-state index in [1.54, 1.807) is 12.1 Å². The van der Waals surface area contributed by atoms with Gasteiger partial charge in [-0.15, -0.1) is 0 Å². The van der Waals surface area contributed by atoms with Gasteiger partial charge in [-0.1, -0.05) is 13.8 Å². The summed E-state index contributed by atoms with van der Waals surface area (Å²) >= 11 is 0. The number of nitrogens with zero attached hydrogens (tertiary/aromatic N) is 1. The van der Waals surface area contributed by atoms with Crippen molar-refractivity contribution in [2.45, 2.75) is 18.7 Å². The van der Waals surface area contributed by atoms with E-state index < -0.39 is 10.8 Å². The van der Waals surface area contributed by atoms with Crippen LogP contribution in [0.15, 0.2) is 29.2 Å². The molecular formula is C12H18FNOS. The molecule has 0 spiro atoms. The predicted octanol–water partition coefficient (Wildman–Crippen LogP) is 2.28. The van der Waals surface area contributed by atoms with E-state index in [-0.39, 0.29) is 5.82 Å². The highest BCUT2D eigenvalue weighted by Crippen LogP contribution is 2.08. The van der Waals surface area contributed by atoms with Crippen molar-refractivity contribution in [3.05, 3.63) is 30.1 Å². The topological polar surface area (TPSA) is 20.3 Å². The van der Waals surface area contributed by atoms with Gasteiger partial charge in [0, 0.05) is 17.2 Å². The van der Waals surface area contributed by atoms with Crippen molar-refractivity contribution >= 4 is 10.8 Å². The van der Waals surface area contributed by atoms with Crippen LogP contribution in [0.2, 0.25) is 0 Å². The summed E-state index contributed by atoms with van der Waals surface area (Å²) in [6, 6.07) is 5.89. The van der Waals surface area contributed by atoms with Crippen molar-refractivity contribution < 1.29 is 8.60 Å². The molecule has 1 rings (SSSR count). The van der Waals surface area contributed by atoms with Crippen LogP contribution in [0.4, 0.5) is 4.39 Å². The molecule has 1 aromatic rings. The largest absolute Gasteiger partial charge is 0.303 e. The zero-order valence-corrected chi connectivity index (χ0v) is 10.6. The van der Waals surface area contributed by atoms with Gasteiger partial charge in [-0.2, -0.15) is 0 Å². The number of hydrogen-bond acceptors (Lipinski definition) is 2. The minimum absolute atomic E-state index is 0.288. The van der Waals surface area contributed by atoms with Gasteiger partial charge in [0.15, 0.2) is 0 Å². The van der Waals surface area contributed by atoms with E-state index >= 15 is 0 Å². The van der Waals surface area contributed by atoms with Gasteiger partial charge in [0.25, 0.3) is 0 Å². The lowest BCUT2D eigenvalue weighted by molar-refractivity contribution is 0.323. The molecule has 0 aromatic heterocycles. The lowest BCUT2D eigenvalue weighted by Gasteiger charge is -2.17. The molecule has 1 atom stereocenters. The molecule has 2 nitrogen and oxygen atoms in total. The highest BCUT2D eigenvalue weighted by molar-refractivity contribution is 7.85. The molecule has 0 N–H and O–H groups in total. The van der Waals surface area contributed by atoms with Crippen LogP contribution >= 0.6 is 0 Å². The Morgan fingerprint density at radius 3 is 2.25 bits per heavy atom. The first kappa shape index (κ1) is 13.3. The lowest BCUT2D eigenvalue weighted by Crippen LogP contribution is -2.27. The van der Waals surface area contributed by atoms with Crippen LogP contribution in [0.1, 0.15) is 13.8 Å². The van der Waals surface area contributed by atoms with Crippen LogP contribution < -0.4 is 0 Å². The Morgan fingerprint density at radius 2 is 1.75 bits per heavy atom. The van der Waals surface area contributed by atoms with E-state index in [0.29, 0.717) is 10.6 Å². The summed E-state index contributed by atoms with van der Waals surface area (Å²) in [4.78, 5) is 2.93. The SMILES string of the molecule is CCN(CC)CCS(=O)c1ccc(F)cc1. The Balaban J connectivity index is 2.49. The van der Waals surface area contributed by atoms with Crippen molar-refractivity contribution in [3.63, 3.8) is 0 Å². The summed E-state index contributed by atoms with van der Waals surface area (Å²) in [5.41, 5.74) is 0. The fourth-order valence-electron chi connectivity index (χ4n) is 1.46. The van der Waals surface area contributed by atoms with Crippen LogP contribution in [-0.4, -0.2) is 34.5 Å². The third-order valence-electron chi connectivity index (χ3n) is 2.56. The minimum Gasteiger partial charge on any atom is -0.303 e. The monoisotopic (exact) mass is 243 g/mol. The van der Waals surface area contributed by atoms with Gasteiger partial charge < -0.3 is 4.90 Å². The summed E-state index contributed by atoms with van der Waals surface area (Å²) in [5, 5.41) is 0. The zero-order chi connectivity index (χ0) is 12.0. The van der Waals surface area contributed by atoms with Gasteiger partial charge in [0.1, 0.15) is 5.82 Å². The Kier molecular flexibility index (Phi) is 5.63. The second-order valence-corrected chi connectivity index (χ2v) is 5.10. The van der Waals surface area contributed by atoms with Gasteiger partial charge >= 0.3 is 0 Å². The molecule has 16 heavy (non-hydrogen) atoms. The van der Waals surface area contributed by atoms with Crippen LogP contribution in [0.3, 0.4) is 0 Å². The summed E-state index contributed by atoms with van der Waals surface area (Å²) in [6.07, 6.45) is 0. The maximum atomic E-state index is 12.7. The molecule has 0 aliphatic carbocycles. The minimum atomic E-state index is -1.02. The number of benzene rings is 1. The lowest BCUT2D eigenvalue weighted by atomic mass is 10.4. The molecule has 0 amide bonds. The number of halogens is 1. The molecule has 1 unspecified atom stereocenters. The smallest absolute Gasteiger partial charge is 0.123 e. The van der Waals surface area contributed by atoms with Crippen molar-refractivity contribution in [2.24, 2.45) is 0 Å². The molecule has 0 saturated heterocycles. The Morgan fingerprint density at radius 1 is 1.19 bits per heavy atom. The molecule has 90 valence electrons.